The van der Waals surface area contributed by atoms with Gasteiger partial charge in [0.25, 0.3) is 5.91 Å². The summed E-state index contributed by atoms with van der Waals surface area (Å²) in [6, 6.07) is 4.44. The molecule has 2 unspecified atom stereocenters. The maximum atomic E-state index is 14.3. The van der Waals surface area contributed by atoms with Gasteiger partial charge in [0.2, 0.25) is 5.91 Å². The number of esters is 1. The van der Waals surface area contributed by atoms with Gasteiger partial charge in [0.1, 0.15) is 11.6 Å². The minimum atomic E-state index is -1.12. The average molecular weight is 491 g/mol. The minimum absolute atomic E-state index is 0.132. The van der Waals surface area contributed by atoms with Gasteiger partial charge in [-0.1, -0.05) is 29.8 Å². The molecule has 1 aromatic rings. The average Bonchev–Trinajstić information content (AvgIpc) is 3.44. The zero-order valence-corrected chi connectivity index (χ0v) is 20.3. The van der Waals surface area contributed by atoms with Crippen LogP contribution in [0.4, 0.5) is 5.69 Å². The Morgan fingerprint density at radius 2 is 2.21 bits per heavy atom. The van der Waals surface area contributed by atoms with Crippen molar-refractivity contribution in [1.29, 1.82) is 0 Å². The molecule has 3 heterocycles. The molecule has 4 rings (SSSR count). The van der Waals surface area contributed by atoms with Crippen molar-refractivity contribution in [2.45, 2.75) is 50.9 Å². The number of hydrogen-bond acceptors (Lipinski definition) is 6. The number of aliphatic hydroxyl groups is 1. The van der Waals surface area contributed by atoms with E-state index >= 15 is 0 Å². The summed E-state index contributed by atoms with van der Waals surface area (Å²) >= 11 is 6.51. The fourth-order valence-electron chi connectivity index (χ4n) is 5.95. The van der Waals surface area contributed by atoms with Crippen LogP contribution in [0.5, 0.6) is 0 Å². The second kappa shape index (κ2) is 9.68. The van der Waals surface area contributed by atoms with Crippen LogP contribution in [0.25, 0.3) is 0 Å². The van der Waals surface area contributed by atoms with E-state index in [2.05, 4.69) is 6.58 Å². The Morgan fingerprint density at radius 3 is 2.85 bits per heavy atom. The predicted octanol–water partition coefficient (Wildman–Crippen LogP) is 2.49. The van der Waals surface area contributed by atoms with Crippen LogP contribution < -0.4 is 4.90 Å². The molecule has 0 aliphatic carbocycles. The lowest BCUT2D eigenvalue weighted by atomic mass is 9.70. The number of rotatable bonds is 9. The van der Waals surface area contributed by atoms with E-state index in [0.29, 0.717) is 30.0 Å². The van der Waals surface area contributed by atoms with Crippen molar-refractivity contribution in [2.24, 2.45) is 11.8 Å². The van der Waals surface area contributed by atoms with Crippen molar-refractivity contribution in [3.05, 3.63) is 41.4 Å². The predicted molar refractivity (Wildman–Crippen MR) is 126 cm³/mol. The normalized spacial score (nSPS) is 29.3. The number of para-hydroxylation sites is 1. The highest BCUT2D eigenvalue weighted by Crippen LogP contribution is 2.59. The van der Waals surface area contributed by atoms with E-state index < -0.39 is 35.6 Å². The molecule has 3 aliphatic heterocycles. The highest BCUT2D eigenvalue weighted by molar-refractivity contribution is 6.34. The highest BCUT2D eigenvalue weighted by atomic mass is 35.5. The monoisotopic (exact) mass is 490 g/mol. The van der Waals surface area contributed by atoms with E-state index in [0.717, 1.165) is 5.56 Å². The molecule has 1 N–H and O–H groups in total. The molecule has 1 spiro atoms. The number of likely N-dealkylation sites (tertiary alicyclic amines) is 1. The van der Waals surface area contributed by atoms with E-state index in [1.54, 1.807) is 24.0 Å². The molecule has 0 radical (unpaired) electrons. The first-order chi connectivity index (χ1) is 16.3. The molecule has 9 heteroatoms. The Morgan fingerprint density at radius 1 is 1.44 bits per heavy atom. The Hall–Kier alpha value is -2.42. The summed E-state index contributed by atoms with van der Waals surface area (Å²) in [7, 11) is 0. The van der Waals surface area contributed by atoms with Crippen molar-refractivity contribution in [2.75, 3.05) is 31.2 Å². The van der Waals surface area contributed by atoms with Gasteiger partial charge in [-0.05, 0) is 44.7 Å². The summed E-state index contributed by atoms with van der Waals surface area (Å²) in [6.07, 6.45) is 2.51. The first kappa shape index (κ1) is 24.7. The second-order valence-electron chi connectivity index (χ2n) is 9.06. The number of anilines is 1. The SMILES string of the molecule is C=CCN(C(=O)C1N(CCCO)C(=O)[C@@H]2[C@H](C(=O)OCC)[C@@H]3CCC12O3)c1c(C)cccc1Cl. The van der Waals surface area contributed by atoms with Crippen LogP contribution >= 0.6 is 11.6 Å². The molecule has 184 valence electrons. The topological polar surface area (TPSA) is 96.4 Å². The molecular formula is C25H31ClN2O6. The van der Waals surface area contributed by atoms with Crippen LogP contribution in [-0.4, -0.2) is 71.8 Å². The summed E-state index contributed by atoms with van der Waals surface area (Å²) < 4.78 is 11.6. The summed E-state index contributed by atoms with van der Waals surface area (Å²) in [4.78, 5) is 43.8. The van der Waals surface area contributed by atoms with E-state index in [-0.39, 0.29) is 38.1 Å². The number of ether oxygens (including phenoxy) is 2. The lowest BCUT2D eigenvalue weighted by molar-refractivity contribution is -0.154. The van der Waals surface area contributed by atoms with E-state index in [1.807, 2.05) is 19.1 Å². The first-order valence-corrected chi connectivity index (χ1v) is 12.1. The van der Waals surface area contributed by atoms with Gasteiger partial charge in [-0.25, -0.2) is 0 Å². The maximum absolute atomic E-state index is 14.3. The van der Waals surface area contributed by atoms with E-state index in [4.69, 9.17) is 21.1 Å². The third-order valence-electron chi connectivity index (χ3n) is 7.19. The number of carbonyl (C=O) groups is 3. The van der Waals surface area contributed by atoms with Gasteiger partial charge in [-0.2, -0.15) is 0 Å². The molecule has 0 saturated carbocycles. The fourth-order valence-corrected chi connectivity index (χ4v) is 6.28. The Balaban J connectivity index is 1.79. The lowest BCUT2D eigenvalue weighted by Gasteiger charge is -2.37. The first-order valence-electron chi connectivity index (χ1n) is 11.8. The molecule has 2 amide bonds. The highest BCUT2D eigenvalue weighted by Gasteiger charge is 2.75. The van der Waals surface area contributed by atoms with Crippen LogP contribution in [0, 0.1) is 18.8 Å². The number of amides is 2. The molecule has 8 nitrogen and oxygen atoms in total. The quantitative estimate of drug-likeness (QED) is 0.422. The van der Waals surface area contributed by atoms with Crippen molar-refractivity contribution < 1.29 is 29.0 Å². The number of fused-ring (bicyclic) bond motifs is 1. The van der Waals surface area contributed by atoms with Crippen molar-refractivity contribution in [1.82, 2.24) is 4.90 Å². The second-order valence-corrected chi connectivity index (χ2v) is 9.47. The Kier molecular flexibility index (Phi) is 7.03. The number of hydrogen-bond donors (Lipinski definition) is 1. The molecule has 5 atom stereocenters. The lowest BCUT2D eigenvalue weighted by Crippen LogP contribution is -2.56. The van der Waals surface area contributed by atoms with Crippen LogP contribution in [0.1, 0.15) is 31.7 Å². The van der Waals surface area contributed by atoms with Crippen molar-refractivity contribution in [3.63, 3.8) is 0 Å². The van der Waals surface area contributed by atoms with Crippen LogP contribution in [0.2, 0.25) is 5.02 Å². The third-order valence-corrected chi connectivity index (χ3v) is 7.49. The number of aliphatic hydroxyl groups excluding tert-OH is 1. The van der Waals surface area contributed by atoms with Crippen molar-refractivity contribution >= 4 is 35.1 Å². The van der Waals surface area contributed by atoms with Gasteiger partial charge in [-0.3, -0.25) is 14.4 Å². The van der Waals surface area contributed by atoms with Gasteiger partial charge < -0.3 is 24.4 Å². The van der Waals surface area contributed by atoms with Crippen LogP contribution in [-0.2, 0) is 23.9 Å². The largest absolute Gasteiger partial charge is 0.466 e. The number of nitrogens with zero attached hydrogens (tertiary/aromatic N) is 2. The standard InChI is InChI=1S/C25H31ClN2O6/c1-4-12-27(20-15(3)8-6-9-16(20)26)23(31)21-25-11-10-17(34-25)18(24(32)33-5-2)19(25)22(30)28(21)13-7-14-29/h4,6,8-9,17-19,21,29H,1,5,7,10-14H2,2-3H3/t17-,18+,19-,21?,25?/m0/s1. The molecule has 0 aromatic heterocycles. The number of halogens is 1. The molecule has 34 heavy (non-hydrogen) atoms. The number of carbonyl (C=O) groups excluding carboxylic acids is 3. The maximum Gasteiger partial charge on any atom is 0.312 e. The number of aryl methyl sites for hydroxylation is 1. The molecule has 3 saturated heterocycles. The summed E-state index contributed by atoms with van der Waals surface area (Å²) in [5, 5.41) is 9.87. The summed E-state index contributed by atoms with van der Waals surface area (Å²) in [5.41, 5.74) is 0.238. The van der Waals surface area contributed by atoms with E-state index in [1.165, 1.54) is 4.90 Å². The van der Waals surface area contributed by atoms with Gasteiger partial charge in [-0.15, -0.1) is 6.58 Å². The molecule has 3 aliphatic rings. The van der Waals surface area contributed by atoms with Gasteiger partial charge >= 0.3 is 5.97 Å². The third kappa shape index (κ3) is 3.72. The molecular weight excluding hydrogens is 460 g/mol. The zero-order valence-electron chi connectivity index (χ0n) is 19.5. The van der Waals surface area contributed by atoms with Gasteiger partial charge in [0.05, 0.1) is 35.3 Å². The molecule has 1 aromatic carbocycles. The van der Waals surface area contributed by atoms with Gasteiger partial charge in [0.15, 0.2) is 0 Å². The van der Waals surface area contributed by atoms with E-state index in [9.17, 15) is 19.5 Å². The van der Waals surface area contributed by atoms with Crippen LogP contribution in [0.3, 0.4) is 0 Å². The smallest absolute Gasteiger partial charge is 0.312 e. The van der Waals surface area contributed by atoms with Crippen molar-refractivity contribution in [3.8, 4) is 0 Å². The fraction of sp³-hybridized carbons (Fsp3) is 0.560. The Bertz CT molecular complexity index is 979. The number of benzene rings is 1. The molecule has 3 fully saturated rings. The molecule has 2 bridgehead atoms. The van der Waals surface area contributed by atoms with Crippen LogP contribution in [0.15, 0.2) is 30.9 Å². The zero-order chi connectivity index (χ0) is 24.6. The summed E-state index contributed by atoms with van der Waals surface area (Å²) in [5.74, 6) is -2.65. The van der Waals surface area contributed by atoms with Gasteiger partial charge in [0, 0.05) is 19.7 Å². The minimum Gasteiger partial charge on any atom is -0.466 e. The Labute approximate surface area is 204 Å². The summed E-state index contributed by atoms with van der Waals surface area (Å²) in [6.45, 7) is 7.82.